The second kappa shape index (κ2) is 19.5. The molecule has 0 aliphatic carbocycles. The van der Waals surface area contributed by atoms with Crippen molar-refractivity contribution in [2.24, 2.45) is 0 Å². The molecule has 1 aliphatic heterocycles. The molecule has 6 aromatic rings. The van der Waals surface area contributed by atoms with Gasteiger partial charge in [-0.1, -0.05) is 164 Å². The summed E-state index contributed by atoms with van der Waals surface area (Å²) in [7, 11) is 0. The van der Waals surface area contributed by atoms with E-state index < -0.39 is 30.3 Å². The van der Waals surface area contributed by atoms with Gasteiger partial charge in [0, 0.05) is 10.6 Å². The third-order valence-corrected chi connectivity index (χ3v) is 10.6. The molecule has 0 spiro atoms. The molecule has 4 atom stereocenters. The van der Waals surface area contributed by atoms with Crippen LogP contribution in [0.25, 0.3) is 0 Å². The monoisotopic (exact) mass is 788 g/mol. The first-order valence-corrected chi connectivity index (χ1v) is 19.8. The molecule has 6 aromatic carbocycles. The summed E-state index contributed by atoms with van der Waals surface area (Å²) in [6, 6.07) is 50.0. The van der Waals surface area contributed by atoms with E-state index in [2.05, 4.69) is 31.2 Å². The van der Waals surface area contributed by atoms with Crippen molar-refractivity contribution < 1.29 is 32.5 Å². The zero-order valence-electron chi connectivity index (χ0n) is 31.9. The quantitative estimate of drug-likeness (QED) is 0.0921. The minimum Gasteiger partial charge on any atom is -0.488 e. The number of hydrogen-bond acceptors (Lipinski definition) is 5. The topological polar surface area (TPSA) is 46.2 Å². The fourth-order valence-electron chi connectivity index (χ4n) is 7.02. The lowest BCUT2D eigenvalue weighted by molar-refractivity contribution is -0.320. The van der Waals surface area contributed by atoms with Crippen LogP contribution in [0.3, 0.4) is 0 Å². The van der Waals surface area contributed by atoms with E-state index >= 15 is 8.78 Å². The zero-order valence-corrected chi connectivity index (χ0v) is 32.7. The molecular formula is C49H47ClF2O5. The Hall–Kier alpha value is -4.89. The molecule has 0 radical (unpaired) electrons. The molecule has 5 nitrogen and oxygen atoms in total. The van der Waals surface area contributed by atoms with Gasteiger partial charge in [-0.05, 0) is 63.9 Å². The number of aryl methyl sites for hydroxylation is 1. The maximum atomic E-state index is 17.1. The lowest BCUT2D eigenvalue weighted by Gasteiger charge is -2.46. The molecule has 1 saturated heterocycles. The summed E-state index contributed by atoms with van der Waals surface area (Å²) in [4.78, 5) is 0. The Labute approximate surface area is 339 Å². The van der Waals surface area contributed by atoms with Crippen LogP contribution in [0.2, 0.25) is 5.02 Å². The lowest BCUT2D eigenvalue weighted by atomic mass is 9.88. The Bertz CT molecular complexity index is 2120. The lowest BCUT2D eigenvalue weighted by Crippen LogP contribution is -2.61. The predicted octanol–water partition coefficient (Wildman–Crippen LogP) is 11.5. The summed E-state index contributed by atoms with van der Waals surface area (Å²) in [5.41, 5.74) is 6.99. The second-order valence-electron chi connectivity index (χ2n) is 14.3. The number of hydrogen-bond donors (Lipinski definition) is 0. The van der Waals surface area contributed by atoms with Crippen LogP contribution in [0.5, 0.6) is 5.75 Å². The first kappa shape index (κ1) is 40.3. The summed E-state index contributed by atoms with van der Waals surface area (Å²) in [6.07, 6.45) is -4.32. The smallest absolute Gasteiger partial charge is 0.304 e. The number of rotatable bonds is 17. The summed E-state index contributed by atoms with van der Waals surface area (Å²) in [6.45, 7) is 2.07. The molecule has 7 rings (SSSR count). The normalized spacial score (nSPS) is 18.9. The Morgan fingerprint density at radius 1 is 0.596 bits per heavy atom. The number of ether oxygens (including phenoxy) is 5. The highest BCUT2D eigenvalue weighted by atomic mass is 35.5. The van der Waals surface area contributed by atoms with Gasteiger partial charge in [-0.2, -0.15) is 0 Å². The van der Waals surface area contributed by atoms with Gasteiger partial charge in [-0.15, -0.1) is 0 Å². The molecule has 294 valence electrons. The molecule has 0 bridgehead atoms. The minimum atomic E-state index is -3.52. The van der Waals surface area contributed by atoms with Gasteiger partial charge in [-0.25, -0.2) is 8.78 Å². The number of benzene rings is 6. The molecule has 1 aliphatic rings. The van der Waals surface area contributed by atoms with Crippen LogP contribution in [0.15, 0.2) is 158 Å². The molecule has 0 unspecified atom stereocenters. The average Bonchev–Trinajstić information content (AvgIpc) is 3.25. The van der Waals surface area contributed by atoms with Crippen LogP contribution in [0.4, 0.5) is 8.78 Å². The molecular weight excluding hydrogens is 742 g/mol. The van der Waals surface area contributed by atoms with Gasteiger partial charge in [0.15, 0.2) is 6.10 Å². The van der Waals surface area contributed by atoms with E-state index in [4.69, 9.17) is 35.3 Å². The van der Waals surface area contributed by atoms with Crippen LogP contribution < -0.4 is 4.74 Å². The van der Waals surface area contributed by atoms with Crippen LogP contribution >= 0.6 is 11.6 Å². The first-order valence-electron chi connectivity index (χ1n) is 19.4. The number of halogens is 3. The third-order valence-electron chi connectivity index (χ3n) is 10.2. The highest BCUT2D eigenvalue weighted by molar-refractivity contribution is 6.31. The van der Waals surface area contributed by atoms with Crippen LogP contribution in [-0.2, 0) is 58.2 Å². The van der Waals surface area contributed by atoms with Crippen LogP contribution in [-0.4, -0.2) is 30.8 Å². The largest absolute Gasteiger partial charge is 0.488 e. The highest BCUT2D eigenvalue weighted by Gasteiger charge is 2.60. The molecule has 0 aromatic heterocycles. The highest BCUT2D eigenvalue weighted by Crippen LogP contribution is 2.47. The van der Waals surface area contributed by atoms with Gasteiger partial charge in [0.1, 0.15) is 30.7 Å². The van der Waals surface area contributed by atoms with Gasteiger partial charge in [0.05, 0.1) is 26.4 Å². The fourth-order valence-corrected chi connectivity index (χ4v) is 7.24. The molecule has 0 saturated carbocycles. The van der Waals surface area contributed by atoms with E-state index in [1.807, 2.05) is 127 Å². The van der Waals surface area contributed by atoms with Crippen molar-refractivity contribution in [1.82, 2.24) is 0 Å². The van der Waals surface area contributed by atoms with Crippen molar-refractivity contribution in [3.8, 4) is 5.75 Å². The molecule has 1 heterocycles. The van der Waals surface area contributed by atoms with Crippen molar-refractivity contribution in [2.75, 3.05) is 6.61 Å². The first-order chi connectivity index (χ1) is 27.9. The Kier molecular flexibility index (Phi) is 13.8. The van der Waals surface area contributed by atoms with E-state index in [0.29, 0.717) is 22.8 Å². The maximum Gasteiger partial charge on any atom is 0.304 e. The van der Waals surface area contributed by atoms with Gasteiger partial charge in [0.2, 0.25) is 0 Å². The van der Waals surface area contributed by atoms with E-state index in [-0.39, 0.29) is 33.0 Å². The maximum absolute atomic E-state index is 17.1. The number of alkyl halides is 2. The van der Waals surface area contributed by atoms with Crippen LogP contribution in [0.1, 0.15) is 57.5 Å². The molecule has 1 fully saturated rings. The van der Waals surface area contributed by atoms with Crippen molar-refractivity contribution >= 4 is 11.6 Å². The third kappa shape index (κ3) is 10.5. The predicted molar refractivity (Wildman–Crippen MR) is 220 cm³/mol. The van der Waals surface area contributed by atoms with Gasteiger partial charge in [0.25, 0.3) is 0 Å². The molecule has 8 heteroatoms. The summed E-state index contributed by atoms with van der Waals surface area (Å²) in [5.74, 6) is -3.12. The fraction of sp³-hybridized carbons (Fsp3) is 0.265. The Morgan fingerprint density at radius 2 is 1.11 bits per heavy atom. The Morgan fingerprint density at radius 3 is 1.67 bits per heavy atom. The van der Waals surface area contributed by atoms with Gasteiger partial charge < -0.3 is 23.7 Å². The van der Waals surface area contributed by atoms with E-state index in [9.17, 15) is 0 Å². The summed E-state index contributed by atoms with van der Waals surface area (Å²) >= 11 is 7.04. The van der Waals surface area contributed by atoms with E-state index in [1.165, 1.54) is 5.56 Å². The SMILES string of the molecule is CCc1ccc(Cc2cc([C@@H]3O[C@H](COCc4ccccc4)C(F)(F)[C@H](OCc4ccccc4)[C@H]3OCc3ccccc3)c(OCc3ccccc3)cc2Cl)cc1. The van der Waals surface area contributed by atoms with E-state index in [0.717, 1.165) is 39.8 Å². The zero-order chi connectivity index (χ0) is 39.5. The second-order valence-corrected chi connectivity index (χ2v) is 14.7. The van der Waals surface area contributed by atoms with Crippen LogP contribution in [0, 0.1) is 0 Å². The van der Waals surface area contributed by atoms with Gasteiger partial charge in [-0.3, -0.25) is 0 Å². The minimum absolute atomic E-state index is 0.0479. The van der Waals surface area contributed by atoms with Crippen molar-refractivity contribution in [3.63, 3.8) is 0 Å². The average molecular weight is 789 g/mol. The van der Waals surface area contributed by atoms with Gasteiger partial charge >= 0.3 is 5.92 Å². The Balaban J connectivity index is 1.30. The summed E-state index contributed by atoms with van der Waals surface area (Å²) < 4.78 is 66.2. The van der Waals surface area contributed by atoms with Crippen molar-refractivity contribution in [2.45, 2.75) is 76.5 Å². The van der Waals surface area contributed by atoms with Crippen molar-refractivity contribution in [3.05, 3.63) is 207 Å². The summed E-state index contributed by atoms with van der Waals surface area (Å²) in [5, 5.41) is 0.490. The van der Waals surface area contributed by atoms with E-state index in [1.54, 1.807) is 6.07 Å². The molecule has 0 amide bonds. The molecule has 57 heavy (non-hydrogen) atoms. The van der Waals surface area contributed by atoms with Crippen molar-refractivity contribution in [1.29, 1.82) is 0 Å². The standard InChI is InChI=1S/C49H47ClF2O5/c1-2-35-23-25-36(26-24-35)27-41-28-42(44(29-43(41)50)54-31-38-17-9-4-10-18-38)46-47(55-32-39-19-11-5-12-20-39)48(56-33-40-21-13-6-14-22-40)49(51,52)45(57-46)34-53-30-37-15-7-3-8-16-37/h3-26,28-29,45-48H,2,27,30-34H2,1H3/t45-,46+,47+,48-/m1/s1. The molecule has 0 N–H and O–H groups in total.